The van der Waals surface area contributed by atoms with Crippen LogP contribution in [-0.2, 0) is 4.79 Å². The van der Waals surface area contributed by atoms with Crippen LogP contribution in [0.4, 0.5) is 0 Å². The summed E-state index contributed by atoms with van der Waals surface area (Å²) in [4.78, 5) is 16.2. The molecule has 0 N–H and O–H groups in total. The van der Waals surface area contributed by atoms with Crippen LogP contribution in [0.15, 0.2) is 48.1 Å². The number of rotatable bonds is 1. The molecule has 2 saturated carbocycles. The second-order valence-electron chi connectivity index (χ2n) is 8.82. The minimum atomic E-state index is 0.143. The fraction of sp³-hybridized carbons (Fsp3) is 0.545. The summed E-state index contributed by atoms with van der Waals surface area (Å²) < 4.78 is 2.19. The van der Waals surface area contributed by atoms with E-state index < -0.39 is 0 Å². The third-order valence-corrected chi connectivity index (χ3v) is 7.75. The van der Waals surface area contributed by atoms with Crippen molar-refractivity contribution in [3.05, 3.63) is 48.1 Å². The molecule has 4 aliphatic carbocycles. The fourth-order valence-corrected chi connectivity index (χ4v) is 6.31. The van der Waals surface area contributed by atoms with Crippen LogP contribution in [-0.4, -0.2) is 15.3 Å². The number of ketones is 1. The smallest absolute Gasteiger partial charge is 0.155 e. The van der Waals surface area contributed by atoms with Gasteiger partial charge in [-0.25, -0.2) is 4.98 Å². The predicted octanol–water partition coefficient (Wildman–Crippen LogP) is 4.79. The fourth-order valence-electron chi connectivity index (χ4n) is 6.31. The average Bonchev–Trinajstić information content (AvgIpc) is 3.22. The molecule has 0 aliphatic heterocycles. The zero-order chi connectivity index (χ0) is 17.2. The third-order valence-electron chi connectivity index (χ3n) is 7.75. The number of allylic oxidation sites excluding steroid dienone is 6. The molecule has 0 radical (unpaired) electrons. The Labute approximate surface area is 149 Å². The van der Waals surface area contributed by atoms with Gasteiger partial charge in [0, 0.05) is 29.9 Å². The Kier molecular flexibility index (Phi) is 3.11. The molecule has 4 aliphatic rings. The highest BCUT2D eigenvalue weighted by atomic mass is 16.1. The van der Waals surface area contributed by atoms with E-state index in [1.165, 1.54) is 30.5 Å². The van der Waals surface area contributed by atoms with Crippen molar-refractivity contribution in [2.45, 2.75) is 52.4 Å². The topological polar surface area (TPSA) is 34.9 Å². The third kappa shape index (κ3) is 1.98. The number of fused-ring (bicyclic) bond motifs is 5. The van der Waals surface area contributed by atoms with Gasteiger partial charge in [-0.1, -0.05) is 31.1 Å². The number of carbonyl (C=O) groups is 1. The van der Waals surface area contributed by atoms with Gasteiger partial charge in [0.2, 0.25) is 0 Å². The number of carbonyl (C=O) groups excluding carboxylic acids is 1. The Morgan fingerprint density at radius 3 is 2.84 bits per heavy atom. The predicted molar refractivity (Wildman–Crippen MR) is 98.6 cm³/mol. The molecular formula is C22H26N2O. The van der Waals surface area contributed by atoms with Gasteiger partial charge in [-0.3, -0.25) is 4.79 Å². The van der Waals surface area contributed by atoms with Crippen LogP contribution in [0.3, 0.4) is 0 Å². The number of imidazole rings is 1. The second kappa shape index (κ2) is 5.06. The lowest BCUT2D eigenvalue weighted by Gasteiger charge is -2.55. The normalized spacial score (nSPS) is 39.8. The molecule has 130 valence electrons. The molecule has 0 aromatic carbocycles. The monoisotopic (exact) mass is 334 g/mol. The van der Waals surface area contributed by atoms with Crippen LogP contribution < -0.4 is 0 Å². The number of aromatic nitrogens is 2. The van der Waals surface area contributed by atoms with Crippen LogP contribution in [0.2, 0.25) is 0 Å². The number of hydrogen-bond donors (Lipinski definition) is 0. The summed E-state index contributed by atoms with van der Waals surface area (Å²) in [7, 11) is 0. The largest absolute Gasteiger partial charge is 0.309 e. The van der Waals surface area contributed by atoms with Gasteiger partial charge in [0.15, 0.2) is 5.78 Å². The first-order valence-corrected chi connectivity index (χ1v) is 9.67. The van der Waals surface area contributed by atoms with Crippen molar-refractivity contribution in [1.82, 2.24) is 9.55 Å². The molecule has 1 aromatic heterocycles. The van der Waals surface area contributed by atoms with Crippen molar-refractivity contribution < 1.29 is 4.79 Å². The Hall–Kier alpha value is -1.90. The maximum Gasteiger partial charge on any atom is 0.155 e. The summed E-state index contributed by atoms with van der Waals surface area (Å²) in [6.45, 7) is 4.86. The van der Waals surface area contributed by atoms with Crippen LogP contribution in [0.5, 0.6) is 0 Å². The summed E-state index contributed by atoms with van der Waals surface area (Å²) in [6.07, 6.45) is 19.1. The summed E-state index contributed by atoms with van der Waals surface area (Å²) in [6, 6.07) is 0. The lowest BCUT2D eigenvalue weighted by Crippen LogP contribution is -2.47. The van der Waals surface area contributed by atoms with Gasteiger partial charge >= 0.3 is 0 Å². The van der Waals surface area contributed by atoms with E-state index in [0.717, 1.165) is 19.3 Å². The van der Waals surface area contributed by atoms with E-state index in [0.29, 0.717) is 17.6 Å². The van der Waals surface area contributed by atoms with E-state index in [-0.39, 0.29) is 10.8 Å². The molecule has 1 aromatic rings. The van der Waals surface area contributed by atoms with Crippen LogP contribution >= 0.6 is 0 Å². The van der Waals surface area contributed by atoms with Gasteiger partial charge in [0.05, 0.1) is 6.33 Å². The molecule has 1 heterocycles. The minimum absolute atomic E-state index is 0.143. The van der Waals surface area contributed by atoms with Crippen molar-refractivity contribution >= 4 is 11.5 Å². The van der Waals surface area contributed by atoms with Crippen molar-refractivity contribution in [2.24, 2.45) is 22.7 Å². The van der Waals surface area contributed by atoms with Gasteiger partial charge in [-0.2, -0.15) is 0 Å². The molecule has 0 amide bonds. The highest BCUT2D eigenvalue weighted by Crippen LogP contribution is 2.64. The van der Waals surface area contributed by atoms with Gasteiger partial charge in [0.25, 0.3) is 0 Å². The molecule has 4 atom stereocenters. The van der Waals surface area contributed by atoms with Crippen molar-refractivity contribution in [2.75, 3.05) is 0 Å². The van der Waals surface area contributed by atoms with Gasteiger partial charge in [-0.15, -0.1) is 0 Å². The Morgan fingerprint density at radius 1 is 1.16 bits per heavy atom. The lowest BCUT2D eigenvalue weighted by molar-refractivity contribution is -0.116. The molecule has 0 bridgehead atoms. The summed E-state index contributed by atoms with van der Waals surface area (Å²) in [5, 5.41) is 0. The zero-order valence-corrected chi connectivity index (χ0v) is 15.2. The van der Waals surface area contributed by atoms with Crippen molar-refractivity contribution in [3.63, 3.8) is 0 Å². The summed E-state index contributed by atoms with van der Waals surface area (Å²) >= 11 is 0. The standard InChI is InChI=1S/C22H26N2O/c1-21-9-7-16(25)13-15(21)3-4-17-18-5-6-20(24-12-11-23-14-24)22(18,2)10-8-19(17)21/h5-6,11-14,17,19H,3-4,7-10H2,1-2H3/t17-,19-,21-,22-/m0/s1. The highest BCUT2D eigenvalue weighted by molar-refractivity contribution is 5.91. The maximum atomic E-state index is 11.9. The minimum Gasteiger partial charge on any atom is -0.309 e. The molecular weight excluding hydrogens is 308 g/mol. The SMILES string of the molecule is C[C@]12CC[C@H]3[C@@H](CCC4=CC(=O)CC[C@@]43C)C1=CC=C2n1ccnc1. The number of hydrogen-bond acceptors (Lipinski definition) is 2. The molecule has 0 saturated heterocycles. The zero-order valence-electron chi connectivity index (χ0n) is 15.2. The van der Waals surface area contributed by atoms with E-state index in [9.17, 15) is 4.79 Å². The van der Waals surface area contributed by atoms with Crippen molar-refractivity contribution in [3.8, 4) is 0 Å². The number of nitrogens with zero attached hydrogens (tertiary/aromatic N) is 2. The Balaban J connectivity index is 1.51. The first-order chi connectivity index (χ1) is 12.0. The van der Waals surface area contributed by atoms with Gasteiger partial charge < -0.3 is 4.57 Å². The van der Waals surface area contributed by atoms with Crippen LogP contribution in [0.1, 0.15) is 52.4 Å². The van der Waals surface area contributed by atoms with E-state index in [1.807, 2.05) is 18.6 Å². The maximum absolute atomic E-state index is 11.9. The van der Waals surface area contributed by atoms with Crippen molar-refractivity contribution in [1.29, 1.82) is 0 Å². The van der Waals surface area contributed by atoms with E-state index in [4.69, 9.17) is 0 Å². The summed E-state index contributed by atoms with van der Waals surface area (Å²) in [5.74, 6) is 1.69. The molecule has 25 heavy (non-hydrogen) atoms. The first-order valence-electron chi connectivity index (χ1n) is 9.67. The van der Waals surface area contributed by atoms with E-state index in [1.54, 1.807) is 5.57 Å². The van der Waals surface area contributed by atoms with E-state index in [2.05, 4.69) is 41.7 Å². The van der Waals surface area contributed by atoms with Gasteiger partial charge in [-0.05, 0) is 61.5 Å². The quantitative estimate of drug-likeness (QED) is 0.740. The summed E-state index contributed by atoms with van der Waals surface area (Å²) in [5.41, 5.74) is 4.82. The van der Waals surface area contributed by atoms with Crippen LogP contribution in [0.25, 0.3) is 5.70 Å². The molecule has 3 nitrogen and oxygen atoms in total. The van der Waals surface area contributed by atoms with Crippen LogP contribution in [0, 0.1) is 22.7 Å². The Bertz CT molecular complexity index is 828. The molecule has 0 unspecified atom stereocenters. The molecule has 0 spiro atoms. The van der Waals surface area contributed by atoms with E-state index >= 15 is 0 Å². The molecule has 2 fully saturated rings. The molecule has 5 rings (SSSR count). The molecule has 3 heteroatoms. The van der Waals surface area contributed by atoms with Gasteiger partial charge in [0.1, 0.15) is 0 Å². The lowest BCUT2D eigenvalue weighted by atomic mass is 9.49. The Morgan fingerprint density at radius 2 is 2.04 bits per heavy atom. The average molecular weight is 334 g/mol. The highest BCUT2D eigenvalue weighted by Gasteiger charge is 2.54. The first kappa shape index (κ1) is 15.4. The second-order valence-corrected chi connectivity index (χ2v) is 8.82.